The summed E-state index contributed by atoms with van der Waals surface area (Å²) in [7, 11) is 0. The van der Waals surface area contributed by atoms with Crippen molar-refractivity contribution in [3.63, 3.8) is 0 Å². The van der Waals surface area contributed by atoms with Gasteiger partial charge in [-0.15, -0.1) is 11.3 Å². The molecule has 6 heteroatoms. The van der Waals surface area contributed by atoms with Gasteiger partial charge in [-0.25, -0.2) is 4.98 Å². The number of aromatic nitrogens is 1. The normalized spacial score (nSPS) is 11.0. The Morgan fingerprint density at radius 3 is 2.58 bits per heavy atom. The second-order valence-corrected chi connectivity index (χ2v) is 5.75. The highest BCUT2D eigenvalue weighted by Crippen LogP contribution is 2.29. The summed E-state index contributed by atoms with van der Waals surface area (Å²) in [6.45, 7) is 0. The molecule has 1 heterocycles. The summed E-state index contributed by atoms with van der Waals surface area (Å²) < 4.78 is 0. The van der Waals surface area contributed by atoms with E-state index in [4.69, 9.17) is 0 Å². The maximum absolute atomic E-state index is 11.1. The highest BCUT2D eigenvalue weighted by molar-refractivity contribution is 7.11. The molecule has 0 saturated heterocycles. The molecule has 116 valence electrons. The Labute approximate surface area is 142 Å². The van der Waals surface area contributed by atoms with Gasteiger partial charge in [0.1, 0.15) is 11.1 Å². The summed E-state index contributed by atoms with van der Waals surface area (Å²) in [5.41, 5.74) is 2.39. The van der Waals surface area contributed by atoms with Crippen molar-refractivity contribution in [2.75, 3.05) is 0 Å². The first-order chi connectivity index (χ1) is 11.7. The van der Waals surface area contributed by atoms with Crippen LogP contribution in [0.25, 0.3) is 22.9 Å². The lowest BCUT2D eigenvalue weighted by molar-refractivity contribution is -0.385. The molecule has 0 saturated carbocycles. The van der Waals surface area contributed by atoms with Crippen LogP contribution in [0.1, 0.15) is 10.6 Å². The molecule has 0 aliphatic heterocycles. The van der Waals surface area contributed by atoms with Crippen LogP contribution >= 0.6 is 11.3 Å². The van der Waals surface area contributed by atoms with Crippen LogP contribution in [-0.4, -0.2) is 9.91 Å². The number of thiazole rings is 1. The van der Waals surface area contributed by atoms with E-state index in [1.54, 1.807) is 18.2 Å². The van der Waals surface area contributed by atoms with Gasteiger partial charge in [-0.3, -0.25) is 10.1 Å². The molecule has 3 aromatic rings. The summed E-state index contributed by atoms with van der Waals surface area (Å²) in [6, 6.07) is 18.0. The zero-order valence-electron chi connectivity index (χ0n) is 12.4. The summed E-state index contributed by atoms with van der Waals surface area (Å²) >= 11 is 1.34. The second kappa shape index (κ2) is 6.86. The quantitative estimate of drug-likeness (QED) is 0.391. The highest BCUT2D eigenvalue weighted by Gasteiger charge is 2.14. The zero-order chi connectivity index (χ0) is 16.9. The van der Waals surface area contributed by atoms with Gasteiger partial charge in [-0.1, -0.05) is 42.5 Å². The van der Waals surface area contributed by atoms with Crippen LogP contribution in [0.4, 0.5) is 5.69 Å². The number of nitrogens with zero attached hydrogens (tertiary/aromatic N) is 3. The monoisotopic (exact) mass is 333 g/mol. The number of allylic oxidation sites excluding steroid dienone is 1. The van der Waals surface area contributed by atoms with E-state index in [-0.39, 0.29) is 5.69 Å². The number of rotatable bonds is 4. The maximum atomic E-state index is 11.1. The molecule has 2 aromatic carbocycles. The molecular weight excluding hydrogens is 322 g/mol. The molecule has 1 aromatic heterocycles. The van der Waals surface area contributed by atoms with Crippen molar-refractivity contribution in [3.8, 4) is 17.3 Å². The molecule has 0 aliphatic carbocycles. The predicted octanol–water partition coefficient (Wildman–Crippen LogP) is 4.78. The fraction of sp³-hybridized carbons (Fsp3) is 0. The summed E-state index contributed by atoms with van der Waals surface area (Å²) in [5, 5.41) is 22.9. The van der Waals surface area contributed by atoms with Crippen molar-refractivity contribution in [2.24, 2.45) is 0 Å². The van der Waals surface area contributed by atoms with Gasteiger partial charge in [0, 0.05) is 17.0 Å². The average molecular weight is 333 g/mol. The average Bonchev–Trinajstić information content (AvgIpc) is 3.10. The molecule has 0 aliphatic rings. The third-order valence-electron chi connectivity index (χ3n) is 3.36. The summed E-state index contributed by atoms with van der Waals surface area (Å²) in [6.07, 6.45) is 1.51. The standard InChI is InChI=1S/C18H11N3O2S/c19-11-15(10-14-8-4-5-9-17(14)21(22)23)18-20-16(12-24-18)13-6-2-1-3-7-13/h1-10,12H/b15-10-. The Morgan fingerprint density at radius 1 is 1.17 bits per heavy atom. The lowest BCUT2D eigenvalue weighted by Crippen LogP contribution is -1.91. The van der Waals surface area contributed by atoms with E-state index in [1.165, 1.54) is 23.5 Å². The first kappa shape index (κ1) is 15.6. The second-order valence-electron chi connectivity index (χ2n) is 4.89. The van der Waals surface area contributed by atoms with Crippen LogP contribution in [0.3, 0.4) is 0 Å². The molecule has 0 amide bonds. The molecule has 5 nitrogen and oxygen atoms in total. The fourth-order valence-corrected chi connectivity index (χ4v) is 3.01. The van der Waals surface area contributed by atoms with Gasteiger partial charge in [0.25, 0.3) is 5.69 Å². The fourth-order valence-electron chi connectivity index (χ4n) is 2.21. The third kappa shape index (κ3) is 3.21. The number of nitriles is 1. The molecule has 0 unspecified atom stereocenters. The van der Waals surface area contributed by atoms with Crippen molar-refractivity contribution in [3.05, 3.63) is 80.7 Å². The van der Waals surface area contributed by atoms with E-state index in [0.29, 0.717) is 16.1 Å². The molecule has 3 rings (SSSR count). The van der Waals surface area contributed by atoms with Crippen molar-refractivity contribution in [1.29, 1.82) is 5.26 Å². The van der Waals surface area contributed by atoms with Gasteiger partial charge in [0.15, 0.2) is 0 Å². The Morgan fingerprint density at radius 2 is 1.88 bits per heavy atom. The van der Waals surface area contributed by atoms with Crippen LogP contribution in [0.5, 0.6) is 0 Å². The van der Waals surface area contributed by atoms with Crippen LogP contribution in [-0.2, 0) is 0 Å². The van der Waals surface area contributed by atoms with Crippen molar-refractivity contribution < 1.29 is 4.92 Å². The van der Waals surface area contributed by atoms with E-state index < -0.39 is 4.92 Å². The Hall–Kier alpha value is -3.30. The van der Waals surface area contributed by atoms with Gasteiger partial charge in [0.2, 0.25) is 0 Å². The summed E-state index contributed by atoms with van der Waals surface area (Å²) in [5.74, 6) is 0. The molecule has 0 N–H and O–H groups in total. The van der Waals surface area contributed by atoms with Crippen molar-refractivity contribution in [2.45, 2.75) is 0 Å². The van der Waals surface area contributed by atoms with E-state index in [0.717, 1.165) is 11.3 Å². The van der Waals surface area contributed by atoms with Crippen LogP contribution in [0.15, 0.2) is 60.0 Å². The van der Waals surface area contributed by atoms with Gasteiger partial charge in [-0.05, 0) is 12.1 Å². The first-order valence-electron chi connectivity index (χ1n) is 7.05. The number of nitro benzene ring substituents is 1. The third-order valence-corrected chi connectivity index (χ3v) is 4.23. The van der Waals surface area contributed by atoms with Crippen LogP contribution in [0, 0.1) is 21.4 Å². The van der Waals surface area contributed by atoms with E-state index >= 15 is 0 Å². The largest absolute Gasteiger partial charge is 0.276 e. The Balaban J connectivity index is 2.01. The number of benzene rings is 2. The SMILES string of the molecule is N#C/C(=C/c1ccccc1[N+](=O)[O-])c1nc(-c2ccccc2)cs1. The van der Waals surface area contributed by atoms with Gasteiger partial charge in [0.05, 0.1) is 21.8 Å². The molecular formula is C18H11N3O2S. The molecule has 0 spiro atoms. The lowest BCUT2D eigenvalue weighted by atomic mass is 10.1. The van der Waals surface area contributed by atoms with E-state index in [2.05, 4.69) is 11.1 Å². The minimum Gasteiger partial charge on any atom is -0.258 e. The zero-order valence-corrected chi connectivity index (χ0v) is 13.2. The Kier molecular flexibility index (Phi) is 4.45. The predicted molar refractivity (Wildman–Crippen MR) is 94.1 cm³/mol. The van der Waals surface area contributed by atoms with Gasteiger partial charge < -0.3 is 0 Å². The topological polar surface area (TPSA) is 79.8 Å². The number of hydrogen-bond acceptors (Lipinski definition) is 5. The van der Waals surface area contributed by atoms with Crippen LogP contribution in [0.2, 0.25) is 0 Å². The number of hydrogen-bond donors (Lipinski definition) is 0. The van der Waals surface area contributed by atoms with E-state index in [1.807, 2.05) is 35.7 Å². The minimum atomic E-state index is -0.460. The first-order valence-corrected chi connectivity index (χ1v) is 7.93. The molecule has 0 atom stereocenters. The van der Waals surface area contributed by atoms with Crippen LogP contribution < -0.4 is 0 Å². The molecule has 0 bridgehead atoms. The summed E-state index contributed by atoms with van der Waals surface area (Å²) in [4.78, 5) is 15.1. The highest BCUT2D eigenvalue weighted by atomic mass is 32.1. The lowest BCUT2D eigenvalue weighted by Gasteiger charge is -1.98. The molecule has 0 radical (unpaired) electrons. The molecule has 24 heavy (non-hydrogen) atoms. The van der Waals surface area contributed by atoms with Gasteiger partial charge >= 0.3 is 0 Å². The van der Waals surface area contributed by atoms with Crippen molar-refractivity contribution >= 4 is 28.7 Å². The minimum absolute atomic E-state index is 0.0370. The number of para-hydroxylation sites is 1. The van der Waals surface area contributed by atoms with Crippen molar-refractivity contribution in [1.82, 2.24) is 4.98 Å². The van der Waals surface area contributed by atoms with Gasteiger partial charge in [-0.2, -0.15) is 5.26 Å². The smallest absolute Gasteiger partial charge is 0.258 e. The molecule has 0 fully saturated rings. The number of nitro groups is 1. The van der Waals surface area contributed by atoms with E-state index in [9.17, 15) is 15.4 Å². The Bertz CT molecular complexity index is 956. The maximum Gasteiger partial charge on any atom is 0.276 e.